The molecule has 1 aromatic carbocycles. The monoisotopic (exact) mass is 302 g/mol. The lowest BCUT2D eigenvalue weighted by Crippen LogP contribution is -2.17. The van der Waals surface area contributed by atoms with Gasteiger partial charge in [-0.15, -0.1) is 6.42 Å². The molecule has 1 heterocycles. The molecule has 0 fully saturated rings. The van der Waals surface area contributed by atoms with E-state index in [9.17, 15) is 0 Å². The Bertz CT molecular complexity index is 587. The van der Waals surface area contributed by atoms with E-state index >= 15 is 0 Å². The summed E-state index contributed by atoms with van der Waals surface area (Å²) < 4.78 is 1.07. The summed E-state index contributed by atoms with van der Waals surface area (Å²) in [7, 11) is 0. The van der Waals surface area contributed by atoms with Crippen molar-refractivity contribution < 1.29 is 0 Å². The van der Waals surface area contributed by atoms with Crippen molar-refractivity contribution >= 4 is 32.5 Å². The second-order valence-electron chi connectivity index (χ2n) is 4.15. The van der Waals surface area contributed by atoms with Crippen molar-refractivity contribution in [2.75, 3.05) is 5.32 Å². The molecule has 2 nitrogen and oxygen atoms in total. The fourth-order valence-corrected chi connectivity index (χ4v) is 2.43. The number of hydrogen-bond donors (Lipinski definition) is 1. The van der Waals surface area contributed by atoms with Crippen molar-refractivity contribution in [3.63, 3.8) is 0 Å². The normalized spacial score (nSPS) is 12.1. The summed E-state index contributed by atoms with van der Waals surface area (Å²) in [4.78, 5) is 4.39. The summed E-state index contributed by atoms with van der Waals surface area (Å²) in [5.41, 5.74) is 0. The first kappa shape index (κ1) is 12.9. The van der Waals surface area contributed by atoms with E-state index in [2.05, 4.69) is 45.1 Å². The number of nitrogens with zero attached hydrogens (tertiary/aromatic N) is 1. The molecule has 1 unspecified atom stereocenters. The molecular weight excluding hydrogens is 288 g/mol. The van der Waals surface area contributed by atoms with E-state index in [0.717, 1.165) is 33.9 Å². The molecule has 0 spiro atoms. The highest BCUT2D eigenvalue weighted by Gasteiger charge is 2.08. The van der Waals surface area contributed by atoms with Crippen molar-refractivity contribution in [3.8, 4) is 12.3 Å². The zero-order valence-electron chi connectivity index (χ0n) is 10.3. The summed E-state index contributed by atoms with van der Waals surface area (Å²) in [6.45, 7) is 2.12. The number of benzene rings is 1. The van der Waals surface area contributed by atoms with Gasteiger partial charge in [0.05, 0.1) is 6.04 Å². The molecule has 1 atom stereocenters. The van der Waals surface area contributed by atoms with Gasteiger partial charge in [0.1, 0.15) is 5.82 Å². The predicted molar refractivity (Wildman–Crippen MR) is 80.6 cm³/mol. The van der Waals surface area contributed by atoms with Gasteiger partial charge in [-0.1, -0.05) is 47.3 Å². The minimum absolute atomic E-state index is 0.0343. The van der Waals surface area contributed by atoms with E-state index in [-0.39, 0.29) is 6.04 Å². The molecule has 3 heteroatoms. The molecular formula is C15H15BrN2. The molecule has 0 radical (unpaired) electrons. The minimum atomic E-state index is 0.0343. The molecule has 0 bridgehead atoms. The van der Waals surface area contributed by atoms with Crippen LogP contribution in [-0.2, 0) is 0 Å². The maximum atomic E-state index is 5.53. The number of anilines is 1. The lowest BCUT2D eigenvalue weighted by atomic mass is 10.1. The van der Waals surface area contributed by atoms with Crippen LogP contribution in [0.1, 0.15) is 19.8 Å². The van der Waals surface area contributed by atoms with Crippen LogP contribution in [0.5, 0.6) is 0 Å². The molecule has 0 aliphatic rings. The van der Waals surface area contributed by atoms with Crippen molar-refractivity contribution in [3.05, 3.63) is 34.9 Å². The van der Waals surface area contributed by atoms with E-state index in [4.69, 9.17) is 6.42 Å². The Morgan fingerprint density at radius 3 is 2.94 bits per heavy atom. The SMILES string of the molecule is C#CC(CCC)Nc1nccc2c(Br)cccc12. The molecule has 0 saturated heterocycles. The Morgan fingerprint density at radius 2 is 2.22 bits per heavy atom. The molecule has 0 saturated carbocycles. The van der Waals surface area contributed by atoms with Crippen LogP contribution in [0.25, 0.3) is 10.8 Å². The summed E-state index contributed by atoms with van der Waals surface area (Å²) >= 11 is 3.55. The molecule has 1 aromatic heterocycles. The summed E-state index contributed by atoms with van der Waals surface area (Å²) in [5, 5.41) is 5.56. The van der Waals surface area contributed by atoms with Crippen molar-refractivity contribution in [1.82, 2.24) is 4.98 Å². The summed E-state index contributed by atoms with van der Waals surface area (Å²) in [6.07, 6.45) is 9.33. The van der Waals surface area contributed by atoms with Gasteiger partial charge < -0.3 is 5.32 Å². The van der Waals surface area contributed by atoms with Crippen molar-refractivity contribution in [2.45, 2.75) is 25.8 Å². The number of terminal acetylenes is 1. The van der Waals surface area contributed by atoms with E-state index in [1.54, 1.807) is 6.20 Å². The standard InChI is InChI=1S/C15H15BrN2/c1-3-6-11(4-2)18-15-13-7-5-8-14(16)12(13)9-10-17-15/h2,5,7-11H,3,6H2,1H3,(H,17,18). The number of rotatable bonds is 4. The minimum Gasteiger partial charge on any atom is -0.356 e. The molecule has 2 rings (SSSR count). The van der Waals surface area contributed by atoms with Crippen molar-refractivity contribution in [2.24, 2.45) is 0 Å². The Morgan fingerprint density at radius 1 is 1.39 bits per heavy atom. The Balaban J connectivity index is 2.40. The average Bonchev–Trinajstić information content (AvgIpc) is 2.39. The average molecular weight is 303 g/mol. The van der Waals surface area contributed by atoms with Crippen LogP contribution in [0, 0.1) is 12.3 Å². The van der Waals surface area contributed by atoms with Gasteiger partial charge in [-0.2, -0.15) is 0 Å². The number of pyridine rings is 1. The zero-order valence-corrected chi connectivity index (χ0v) is 11.9. The molecule has 18 heavy (non-hydrogen) atoms. The topological polar surface area (TPSA) is 24.9 Å². The maximum absolute atomic E-state index is 5.53. The van der Waals surface area contributed by atoms with Crippen LogP contribution in [0.3, 0.4) is 0 Å². The van der Waals surface area contributed by atoms with Gasteiger partial charge >= 0.3 is 0 Å². The molecule has 0 amide bonds. The Hall–Kier alpha value is -1.53. The smallest absolute Gasteiger partial charge is 0.134 e. The van der Waals surface area contributed by atoms with Gasteiger partial charge in [-0.25, -0.2) is 4.98 Å². The van der Waals surface area contributed by atoms with Gasteiger partial charge in [0, 0.05) is 21.4 Å². The predicted octanol–water partition coefficient (Wildman–Crippen LogP) is 4.21. The first-order valence-corrected chi connectivity index (χ1v) is 6.81. The van der Waals surface area contributed by atoms with E-state index in [0.29, 0.717) is 0 Å². The number of halogens is 1. The van der Waals surface area contributed by atoms with Crippen LogP contribution in [0.15, 0.2) is 34.9 Å². The first-order valence-electron chi connectivity index (χ1n) is 6.02. The Kier molecular flexibility index (Phi) is 4.22. The Labute approximate surface area is 116 Å². The zero-order chi connectivity index (χ0) is 13.0. The second-order valence-corrected chi connectivity index (χ2v) is 5.00. The van der Waals surface area contributed by atoms with E-state index < -0.39 is 0 Å². The highest BCUT2D eigenvalue weighted by atomic mass is 79.9. The summed E-state index contributed by atoms with van der Waals surface area (Å²) in [5.74, 6) is 3.62. The third kappa shape index (κ3) is 2.65. The molecule has 92 valence electrons. The van der Waals surface area contributed by atoms with Gasteiger partial charge in [0.15, 0.2) is 0 Å². The number of hydrogen-bond acceptors (Lipinski definition) is 2. The molecule has 1 N–H and O–H groups in total. The fourth-order valence-electron chi connectivity index (χ4n) is 1.93. The first-order chi connectivity index (χ1) is 8.76. The summed E-state index contributed by atoms with van der Waals surface area (Å²) in [6, 6.07) is 8.11. The van der Waals surface area contributed by atoms with Gasteiger partial charge in [0.25, 0.3) is 0 Å². The highest BCUT2D eigenvalue weighted by Crippen LogP contribution is 2.28. The van der Waals surface area contributed by atoms with Crippen LogP contribution in [0.2, 0.25) is 0 Å². The van der Waals surface area contributed by atoms with Crippen molar-refractivity contribution in [1.29, 1.82) is 0 Å². The number of aromatic nitrogens is 1. The van der Waals surface area contributed by atoms with E-state index in [1.165, 1.54) is 0 Å². The fraction of sp³-hybridized carbons (Fsp3) is 0.267. The maximum Gasteiger partial charge on any atom is 0.134 e. The second kappa shape index (κ2) is 5.88. The number of fused-ring (bicyclic) bond motifs is 1. The third-order valence-corrected chi connectivity index (χ3v) is 3.53. The third-order valence-electron chi connectivity index (χ3n) is 2.84. The van der Waals surface area contributed by atoms with E-state index in [1.807, 2.05) is 18.2 Å². The lowest BCUT2D eigenvalue weighted by molar-refractivity contribution is 0.753. The van der Waals surface area contributed by atoms with Crippen LogP contribution in [-0.4, -0.2) is 11.0 Å². The highest BCUT2D eigenvalue weighted by molar-refractivity contribution is 9.10. The van der Waals surface area contributed by atoms with Gasteiger partial charge in [-0.3, -0.25) is 0 Å². The largest absolute Gasteiger partial charge is 0.356 e. The van der Waals surface area contributed by atoms with Crippen LogP contribution >= 0.6 is 15.9 Å². The molecule has 0 aliphatic carbocycles. The van der Waals surface area contributed by atoms with Crippen LogP contribution < -0.4 is 5.32 Å². The quantitative estimate of drug-likeness (QED) is 0.856. The lowest BCUT2D eigenvalue weighted by Gasteiger charge is -2.14. The van der Waals surface area contributed by atoms with Gasteiger partial charge in [0.2, 0.25) is 0 Å². The van der Waals surface area contributed by atoms with Crippen LogP contribution in [0.4, 0.5) is 5.82 Å². The molecule has 2 aromatic rings. The van der Waals surface area contributed by atoms with Gasteiger partial charge in [-0.05, 0) is 18.6 Å². The molecule has 0 aliphatic heterocycles. The number of nitrogens with one attached hydrogen (secondary N) is 1.